The molecular formula is C15H30N2. The molecule has 1 aliphatic carbocycles. The zero-order valence-corrected chi connectivity index (χ0v) is 11.8. The topological polar surface area (TPSA) is 29.3 Å². The summed E-state index contributed by atoms with van der Waals surface area (Å²) >= 11 is 0. The van der Waals surface area contributed by atoms with Crippen LogP contribution in [0.15, 0.2) is 0 Å². The molecule has 0 aromatic carbocycles. The van der Waals surface area contributed by atoms with Gasteiger partial charge in [0, 0.05) is 12.6 Å². The van der Waals surface area contributed by atoms with Crippen LogP contribution in [0.4, 0.5) is 0 Å². The van der Waals surface area contributed by atoms with Gasteiger partial charge in [0.1, 0.15) is 0 Å². The van der Waals surface area contributed by atoms with Gasteiger partial charge in [-0.1, -0.05) is 26.2 Å². The van der Waals surface area contributed by atoms with Gasteiger partial charge in [0.15, 0.2) is 0 Å². The number of nitrogens with two attached hydrogens (primary N) is 1. The Morgan fingerprint density at radius 3 is 2.65 bits per heavy atom. The second-order valence-electron chi connectivity index (χ2n) is 6.72. The lowest BCUT2D eigenvalue weighted by Crippen LogP contribution is -2.49. The van der Waals surface area contributed by atoms with Crippen molar-refractivity contribution in [2.45, 2.75) is 64.8 Å². The van der Waals surface area contributed by atoms with E-state index in [2.05, 4.69) is 18.7 Å². The van der Waals surface area contributed by atoms with Crippen LogP contribution in [0.25, 0.3) is 0 Å². The van der Waals surface area contributed by atoms with E-state index in [0.717, 1.165) is 18.5 Å². The fraction of sp³-hybridized carbons (Fsp3) is 1.00. The summed E-state index contributed by atoms with van der Waals surface area (Å²) in [5, 5.41) is 0. The van der Waals surface area contributed by atoms with E-state index in [9.17, 15) is 0 Å². The lowest BCUT2D eigenvalue weighted by atomic mass is 9.69. The van der Waals surface area contributed by atoms with Gasteiger partial charge < -0.3 is 10.6 Å². The molecule has 0 bridgehead atoms. The van der Waals surface area contributed by atoms with Crippen LogP contribution in [0, 0.1) is 11.3 Å². The van der Waals surface area contributed by atoms with Gasteiger partial charge in [-0.05, 0) is 57.0 Å². The SMILES string of the molecule is CC1CCCC(CN)(CN2CCCCC2C)C1. The van der Waals surface area contributed by atoms with Gasteiger partial charge in [-0.2, -0.15) is 0 Å². The Bertz CT molecular complexity index is 241. The molecule has 0 radical (unpaired) electrons. The van der Waals surface area contributed by atoms with E-state index < -0.39 is 0 Å². The molecule has 2 N–H and O–H groups in total. The third kappa shape index (κ3) is 3.23. The molecule has 2 heteroatoms. The number of rotatable bonds is 3. The van der Waals surface area contributed by atoms with Crippen molar-refractivity contribution in [1.29, 1.82) is 0 Å². The average Bonchev–Trinajstić information content (AvgIpc) is 2.32. The maximum atomic E-state index is 6.14. The molecule has 3 unspecified atom stereocenters. The molecule has 0 spiro atoms. The van der Waals surface area contributed by atoms with Crippen molar-refractivity contribution >= 4 is 0 Å². The molecule has 2 aliphatic rings. The van der Waals surface area contributed by atoms with Crippen molar-refractivity contribution in [3.63, 3.8) is 0 Å². The Hall–Kier alpha value is -0.0800. The summed E-state index contributed by atoms with van der Waals surface area (Å²) in [6.45, 7) is 8.26. The van der Waals surface area contributed by atoms with Crippen molar-refractivity contribution in [1.82, 2.24) is 4.90 Å². The lowest BCUT2D eigenvalue weighted by Gasteiger charge is -2.45. The minimum absolute atomic E-state index is 0.434. The Morgan fingerprint density at radius 1 is 1.18 bits per heavy atom. The van der Waals surface area contributed by atoms with Crippen LogP contribution in [-0.4, -0.2) is 30.6 Å². The van der Waals surface area contributed by atoms with Gasteiger partial charge in [-0.15, -0.1) is 0 Å². The molecule has 0 aromatic rings. The maximum absolute atomic E-state index is 6.14. The summed E-state index contributed by atoms with van der Waals surface area (Å²) in [4.78, 5) is 2.72. The molecule has 0 aromatic heterocycles. The monoisotopic (exact) mass is 238 g/mol. The first-order valence-electron chi connectivity index (χ1n) is 7.59. The third-order valence-electron chi connectivity index (χ3n) is 5.10. The van der Waals surface area contributed by atoms with E-state index in [1.165, 1.54) is 58.0 Å². The summed E-state index contributed by atoms with van der Waals surface area (Å²) in [5.41, 5.74) is 6.57. The minimum Gasteiger partial charge on any atom is -0.330 e. The normalized spacial score (nSPS) is 40.4. The van der Waals surface area contributed by atoms with Gasteiger partial charge in [-0.3, -0.25) is 0 Å². The molecule has 1 saturated heterocycles. The highest BCUT2D eigenvalue weighted by Crippen LogP contribution is 2.40. The number of hydrogen-bond donors (Lipinski definition) is 1. The van der Waals surface area contributed by atoms with E-state index in [1.54, 1.807) is 0 Å². The van der Waals surface area contributed by atoms with Gasteiger partial charge >= 0.3 is 0 Å². The van der Waals surface area contributed by atoms with Crippen molar-refractivity contribution in [3.05, 3.63) is 0 Å². The predicted molar refractivity (Wildman–Crippen MR) is 74.0 cm³/mol. The second-order valence-corrected chi connectivity index (χ2v) is 6.72. The quantitative estimate of drug-likeness (QED) is 0.819. The average molecular weight is 238 g/mol. The Morgan fingerprint density at radius 2 is 2.00 bits per heavy atom. The van der Waals surface area contributed by atoms with Crippen molar-refractivity contribution in [2.75, 3.05) is 19.6 Å². The fourth-order valence-electron chi connectivity index (χ4n) is 3.99. The molecule has 2 rings (SSSR count). The molecule has 1 aliphatic heterocycles. The standard InChI is InChI=1S/C15H30N2/c1-13-6-5-8-15(10-13,11-16)12-17-9-4-3-7-14(17)2/h13-14H,3-12,16H2,1-2H3. The van der Waals surface area contributed by atoms with Gasteiger partial charge in [-0.25, -0.2) is 0 Å². The summed E-state index contributed by atoms with van der Waals surface area (Å²) in [6.07, 6.45) is 9.71. The first-order chi connectivity index (χ1) is 8.15. The van der Waals surface area contributed by atoms with Crippen molar-refractivity contribution in [3.8, 4) is 0 Å². The van der Waals surface area contributed by atoms with Crippen LogP contribution >= 0.6 is 0 Å². The minimum atomic E-state index is 0.434. The highest BCUT2D eigenvalue weighted by atomic mass is 15.2. The van der Waals surface area contributed by atoms with Crippen LogP contribution in [0.1, 0.15) is 58.8 Å². The molecule has 2 nitrogen and oxygen atoms in total. The van der Waals surface area contributed by atoms with Crippen LogP contribution in [0.3, 0.4) is 0 Å². The van der Waals surface area contributed by atoms with Gasteiger partial charge in [0.25, 0.3) is 0 Å². The first-order valence-corrected chi connectivity index (χ1v) is 7.59. The van der Waals surface area contributed by atoms with E-state index in [4.69, 9.17) is 5.73 Å². The molecule has 100 valence electrons. The largest absolute Gasteiger partial charge is 0.330 e. The van der Waals surface area contributed by atoms with Crippen LogP contribution in [0.2, 0.25) is 0 Å². The third-order valence-corrected chi connectivity index (χ3v) is 5.10. The summed E-state index contributed by atoms with van der Waals surface area (Å²) < 4.78 is 0. The molecule has 2 fully saturated rings. The zero-order valence-electron chi connectivity index (χ0n) is 11.8. The summed E-state index contributed by atoms with van der Waals surface area (Å²) in [5.74, 6) is 0.882. The first kappa shape index (κ1) is 13.4. The van der Waals surface area contributed by atoms with Crippen LogP contribution in [0.5, 0.6) is 0 Å². The molecule has 1 saturated carbocycles. The van der Waals surface area contributed by atoms with Crippen molar-refractivity contribution < 1.29 is 0 Å². The Kier molecular flexibility index (Phi) is 4.48. The van der Waals surface area contributed by atoms with E-state index in [0.29, 0.717) is 5.41 Å². The van der Waals surface area contributed by atoms with Crippen LogP contribution < -0.4 is 5.73 Å². The highest BCUT2D eigenvalue weighted by Gasteiger charge is 2.36. The summed E-state index contributed by atoms with van der Waals surface area (Å²) in [6, 6.07) is 0.782. The van der Waals surface area contributed by atoms with Crippen LogP contribution in [-0.2, 0) is 0 Å². The lowest BCUT2D eigenvalue weighted by molar-refractivity contribution is 0.0525. The smallest absolute Gasteiger partial charge is 0.00671 e. The number of likely N-dealkylation sites (tertiary alicyclic amines) is 1. The number of piperidine rings is 1. The van der Waals surface area contributed by atoms with E-state index in [1.807, 2.05) is 0 Å². The predicted octanol–water partition coefficient (Wildman–Crippen LogP) is 3.02. The molecule has 0 amide bonds. The maximum Gasteiger partial charge on any atom is 0.00671 e. The van der Waals surface area contributed by atoms with E-state index in [-0.39, 0.29) is 0 Å². The van der Waals surface area contributed by atoms with Crippen molar-refractivity contribution in [2.24, 2.45) is 17.1 Å². The Labute approximate surface area is 107 Å². The molecule has 17 heavy (non-hydrogen) atoms. The highest BCUT2D eigenvalue weighted by molar-refractivity contribution is 4.90. The molecule has 3 atom stereocenters. The number of hydrogen-bond acceptors (Lipinski definition) is 2. The zero-order chi connectivity index (χ0) is 12.3. The molecule has 1 heterocycles. The second kappa shape index (κ2) is 5.71. The van der Waals surface area contributed by atoms with Gasteiger partial charge in [0.2, 0.25) is 0 Å². The fourth-order valence-corrected chi connectivity index (χ4v) is 3.99. The van der Waals surface area contributed by atoms with Gasteiger partial charge in [0.05, 0.1) is 0 Å². The Balaban J connectivity index is 1.97. The molecular weight excluding hydrogens is 208 g/mol. The van der Waals surface area contributed by atoms with E-state index >= 15 is 0 Å². The number of nitrogens with zero attached hydrogens (tertiary/aromatic N) is 1. The summed E-state index contributed by atoms with van der Waals surface area (Å²) in [7, 11) is 0.